The van der Waals surface area contributed by atoms with E-state index < -0.39 is 0 Å². The fraction of sp³-hybridized carbons (Fsp3) is 0.520. The number of ether oxygens (including phenoxy) is 2. The highest BCUT2D eigenvalue weighted by molar-refractivity contribution is 6.30. The minimum absolute atomic E-state index is 0.0933. The summed E-state index contributed by atoms with van der Waals surface area (Å²) < 4.78 is 11.9. The van der Waals surface area contributed by atoms with Gasteiger partial charge in [0.25, 0.3) is 0 Å². The second-order valence-electron chi connectivity index (χ2n) is 8.70. The van der Waals surface area contributed by atoms with Crippen molar-refractivity contribution in [2.75, 3.05) is 20.3 Å². The number of hydrogen-bond donors (Lipinski definition) is 1. The predicted octanol–water partition coefficient (Wildman–Crippen LogP) is 5.14. The third-order valence-electron chi connectivity index (χ3n) is 6.47. The van der Waals surface area contributed by atoms with E-state index in [2.05, 4.69) is 62.5 Å². The number of methoxy groups -OCH3 is 1. The number of benzene rings is 2. The predicted molar refractivity (Wildman–Crippen MR) is 120 cm³/mol. The lowest BCUT2D eigenvalue weighted by molar-refractivity contribution is -0.693. The van der Waals surface area contributed by atoms with Gasteiger partial charge in [-0.05, 0) is 43.9 Å². The summed E-state index contributed by atoms with van der Waals surface area (Å²) >= 11 is 6.04. The lowest BCUT2D eigenvalue weighted by Gasteiger charge is -2.43. The number of hydrogen-bond acceptors (Lipinski definition) is 2. The molecule has 1 aliphatic heterocycles. The van der Waals surface area contributed by atoms with E-state index in [1.165, 1.54) is 11.1 Å². The number of halogens is 1. The first-order valence-electron chi connectivity index (χ1n) is 10.8. The van der Waals surface area contributed by atoms with Gasteiger partial charge in [0.05, 0.1) is 19.8 Å². The average molecular weight is 417 g/mol. The van der Waals surface area contributed by atoms with Crippen molar-refractivity contribution in [3.8, 4) is 5.75 Å². The van der Waals surface area contributed by atoms with Crippen LogP contribution in [-0.4, -0.2) is 26.4 Å². The largest absolute Gasteiger partial charge is 0.496 e. The second-order valence-corrected chi connectivity index (χ2v) is 9.14. The molecule has 0 amide bonds. The first kappa shape index (κ1) is 22.1. The monoisotopic (exact) mass is 416 g/mol. The van der Waals surface area contributed by atoms with Crippen LogP contribution in [0.2, 0.25) is 5.02 Å². The molecule has 3 rings (SSSR count). The maximum Gasteiger partial charge on any atom is 0.122 e. The number of rotatable bonds is 8. The van der Waals surface area contributed by atoms with Gasteiger partial charge in [-0.2, -0.15) is 0 Å². The lowest BCUT2D eigenvalue weighted by Crippen LogP contribution is -2.85. The van der Waals surface area contributed by atoms with E-state index in [0.717, 1.165) is 43.2 Å². The van der Waals surface area contributed by atoms with Crippen LogP contribution < -0.4 is 10.1 Å². The molecule has 0 spiro atoms. The van der Waals surface area contributed by atoms with Crippen molar-refractivity contribution >= 4 is 11.6 Å². The third-order valence-corrected chi connectivity index (χ3v) is 6.72. The molecule has 0 radical (unpaired) electrons. The molecule has 0 aromatic heterocycles. The fourth-order valence-electron chi connectivity index (χ4n) is 4.58. The zero-order valence-corrected chi connectivity index (χ0v) is 18.9. The molecule has 1 fully saturated rings. The van der Waals surface area contributed by atoms with Crippen molar-refractivity contribution in [2.45, 2.75) is 57.6 Å². The molecule has 2 N–H and O–H groups in total. The summed E-state index contributed by atoms with van der Waals surface area (Å²) in [5, 5.41) is 3.23. The van der Waals surface area contributed by atoms with Crippen LogP contribution in [0.25, 0.3) is 0 Å². The molecular weight excluding hydrogens is 382 g/mol. The first-order chi connectivity index (χ1) is 13.9. The number of para-hydroxylation sites is 1. The Hall–Kier alpha value is -1.55. The maximum absolute atomic E-state index is 6.13. The summed E-state index contributed by atoms with van der Waals surface area (Å²) in [5.41, 5.74) is 2.74. The van der Waals surface area contributed by atoms with E-state index in [1.807, 2.05) is 12.1 Å². The first-order valence-corrected chi connectivity index (χ1v) is 11.2. The molecule has 2 aromatic carbocycles. The molecule has 0 aliphatic carbocycles. The fourth-order valence-corrected chi connectivity index (χ4v) is 4.71. The molecule has 1 saturated heterocycles. The summed E-state index contributed by atoms with van der Waals surface area (Å²) in [6, 6.07) is 17.2. The molecule has 3 nitrogen and oxygen atoms in total. The van der Waals surface area contributed by atoms with E-state index in [-0.39, 0.29) is 5.41 Å². The molecular formula is C25H35ClNO2+. The van der Waals surface area contributed by atoms with Crippen molar-refractivity contribution in [1.82, 2.24) is 0 Å². The molecule has 4 heteroatoms. The van der Waals surface area contributed by atoms with Crippen LogP contribution in [0, 0.1) is 5.92 Å². The van der Waals surface area contributed by atoms with Gasteiger partial charge < -0.3 is 14.8 Å². The normalized spacial score (nSPS) is 23.2. The smallest absolute Gasteiger partial charge is 0.122 e. The molecule has 0 unspecified atom stereocenters. The van der Waals surface area contributed by atoms with Gasteiger partial charge in [0, 0.05) is 34.6 Å². The van der Waals surface area contributed by atoms with Crippen molar-refractivity contribution in [2.24, 2.45) is 5.92 Å². The lowest BCUT2D eigenvalue weighted by atomic mass is 9.68. The summed E-state index contributed by atoms with van der Waals surface area (Å²) in [6.07, 6.45) is 3.49. The minimum atomic E-state index is 0.0933. The van der Waals surface area contributed by atoms with Crippen LogP contribution in [0.1, 0.15) is 57.2 Å². The van der Waals surface area contributed by atoms with Gasteiger partial charge in [-0.15, -0.1) is 0 Å². The molecule has 0 bridgehead atoms. The maximum atomic E-state index is 6.13. The standard InChI is InChI=1S/C25H34ClNO2/c1-18(2)24-17-25(14-16-29-24,22-7-5-6-8-23(22)28-4)13-15-27-19(3)20-9-11-21(26)12-10-20/h5-12,18-19,24,27H,13-17H2,1-4H3/p+1/t19-,24+,25-/m0/s1. The molecule has 2 aromatic rings. The van der Waals surface area contributed by atoms with Crippen LogP contribution in [0.4, 0.5) is 0 Å². The zero-order valence-electron chi connectivity index (χ0n) is 18.2. The molecule has 1 aliphatic rings. The van der Waals surface area contributed by atoms with Gasteiger partial charge in [-0.3, -0.25) is 0 Å². The van der Waals surface area contributed by atoms with Gasteiger partial charge in [0.2, 0.25) is 0 Å². The van der Waals surface area contributed by atoms with E-state index in [0.29, 0.717) is 18.1 Å². The topological polar surface area (TPSA) is 35.1 Å². The number of quaternary nitrogens is 1. The van der Waals surface area contributed by atoms with E-state index in [1.54, 1.807) is 7.11 Å². The van der Waals surface area contributed by atoms with E-state index >= 15 is 0 Å². The highest BCUT2D eigenvalue weighted by Crippen LogP contribution is 2.44. The van der Waals surface area contributed by atoms with Gasteiger partial charge in [0.15, 0.2) is 0 Å². The summed E-state index contributed by atoms with van der Waals surface area (Å²) in [6.45, 7) is 8.66. The Morgan fingerprint density at radius 2 is 1.86 bits per heavy atom. The molecule has 1 heterocycles. The Labute approximate surface area is 180 Å². The average Bonchev–Trinajstić information content (AvgIpc) is 2.74. The molecule has 3 atom stereocenters. The quantitative estimate of drug-likeness (QED) is 0.646. The molecule has 0 saturated carbocycles. The molecule has 29 heavy (non-hydrogen) atoms. The van der Waals surface area contributed by atoms with Crippen molar-refractivity contribution in [3.05, 3.63) is 64.7 Å². The Morgan fingerprint density at radius 3 is 2.55 bits per heavy atom. The Balaban J connectivity index is 1.77. The van der Waals surface area contributed by atoms with Gasteiger partial charge in [-0.1, -0.05) is 55.8 Å². The van der Waals surface area contributed by atoms with Crippen LogP contribution in [0.5, 0.6) is 5.75 Å². The minimum Gasteiger partial charge on any atom is -0.496 e. The number of nitrogens with two attached hydrogens (primary N) is 1. The van der Waals surface area contributed by atoms with E-state index in [9.17, 15) is 0 Å². The van der Waals surface area contributed by atoms with Gasteiger partial charge >= 0.3 is 0 Å². The van der Waals surface area contributed by atoms with Crippen LogP contribution in [-0.2, 0) is 10.2 Å². The van der Waals surface area contributed by atoms with Crippen molar-refractivity contribution in [3.63, 3.8) is 0 Å². The van der Waals surface area contributed by atoms with Crippen LogP contribution >= 0.6 is 11.6 Å². The molecule has 158 valence electrons. The summed E-state index contributed by atoms with van der Waals surface area (Å²) in [7, 11) is 1.78. The van der Waals surface area contributed by atoms with E-state index in [4.69, 9.17) is 21.1 Å². The third kappa shape index (κ3) is 5.33. The summed E-state index contributed by atoms with van der Waals surface area (Å²) in [5.74, 6) is 1.52. The Morgan fingerprint density at radius 1 is 1.14 bits per heavy atom. The summed E-state index contributed by atoms with van der Waals surface area (Å²) in [4.78, 5) is 0. The SMILES string of the molecule is COc1ccccc1[C@@]1(CC[NH2+][C@@H](C)c2ccc(Cl)cc2)CCO[C@@H](C(C)C)C1. The highest BCUT2D eigenvalue weighted by Gasteiger charge is 2.41. The Bertz CT molecular complexity index is 777. The van der Waals surface area contributed by atoms with Crippen LogP contribution in [0.15, 0.2) is 48.5 Å². The van der Waals surface area contributed by atoms with Crippen molar-refractivity contribution in [1.29, 1.82) is 0 Å². The zero-order chi connectivity index (χ0) is 20.9. The van der Waals surface area contributed by atoms with Crippen molar-refractivity contribution < 1.29 is 14.8 Å². The van der Waals surface area contributed by atoms with Gasteiger partial charge in [0.1, 0.15) is 11.8 Å². The Kier molecular flexibility index (Phi) is 7.61. The van der Waals surface area contributed by atoms with Gasteiger partial charge in [-0.25, -0.2) is 0 Å². The highest BCUT2D eigenvalue weighted by atomic mass is 35.5. The van der Waals surface area contributed by atoms with Crippen LogP contribution in [0.3, 0.4) is 0 Å². The second kappa shape index (κ2) is 9.97.